The molecule has 0 aliphatic carbocycles. The molecule has 3 aromatic rings. The maximum atomic E-state index is 13.9. The molecule has 0 fully saturated rings. The zero-order chi connectivity index (χ0) is 22.3. The normalized spacial score (nSPS) is 13.5. The first-order valence-corrected chi connectivity index (χ1v) is 10.2. The Morgan fingerprint density at radius 1 is 0.935 bits per heavy atom. The van der Waals surface area contributed by atoms with E-state index in [1.165, 1.54) is 18.3 Å². The van der Waals surface area contributed by atoms with E-state index in [1.807, 2.05) is 4.72 Å². The average Bonchev–Trinajstić information content (AvgIpc) is 2.96. The van der Waals surface area contributed by atoms with Crippen molar-refractivity contribution in [2.45, 2.75) is 11.4 Å². The lowest BCUT2D eigenvalue weighted by molar-refractivity contribution is 0.0639. The van der Waals surface area contributed by atoms with Crippen LogP contribution in [0, 0.1) is 17.5 Å². The second-order valence-electron chi connectivity index (χ2n) is 6.58. The summed E-state index contributed by atoms with van der Waals surface area (Å²) in [5.41, 5.74) is -0.663. The fraction of sp³-hybridized carbons (Fsp3) is 0.0500. The Kier molecular flexibility index (Phi) is 4.97. The van der Waals surface area contributed by atoms with Gasteiger partial charge in [0.05, 0.1) is 22.7 Å². The van der Waals surface area contributed by atoms with Crippen molar-refractivity contribution in [1.29, 1.82) is 0 Å². The second kappa shape index (κ2) is 7.51. The van der Waals surface area contributed by atoms with E-state index in [-0.39, 0.29) is 16.8 Å². The molecule has 0 bridgehead atoms. The Morgan fingerprint density at radius 3 is 2.35 bits per heavy atom. The van der Waals surface area contributed by atoms with Crippen molar-refractivity contribution >= 4 is 27.5 Å². The number of pyridine rings is 1. The molecule has 1 aliphatic rings. The smallest absolute Gasteiger partial charge is 0.277 e. The fourth-order valence-electron chi connectivity index (χ4n) is 3.11. The van der Waals surface area contributed by atoms with E-state index in [0.29, 0.717) is 12.1 Å². The minimum absolute atomic E-state index is 0.0607. The number of sulfonamides is 1. The highest BCUT2D eigenvalue weighted by Gasteiger charge is 2.37. The van der Waals surface area contributed by atoms with Gasteiger partial charge in [-0.1, -0.05) is 6.07 Å². The van der Waals surface area contributed by atoms with E-state index >= 15 is 0 Å². The van der Waals surface area contributed by atoms with Gasteiger partial charge in [0.25, 0.3) is 21.8 Å². The average molecular weight is 447 g/mol. The lowest BCUT2D eigenvalue weighted by Gasteiger charge is -2.17. The first kappa shape index (κ1) is 20.5. The van der Waals surface area contributed by atoms with Crippen LogP contribution in [-0.4, -0.2) is 30.1 Å². The van der Waals surface area contributed by atoms with Crippen molar-refractivity contribution in [3.63, 3.8) is 0 Å². The van der Waals surface area contributed by atoms with E-state index < -0.39 is 56.4 Å². The lowest BCUT2D eigenvalue weighted by Crippen LogP contribution is -2.30. The summed E-state index contributed by atoms with van der Waals surface area (Å²) in [5, 5.41) is 0. The summed E-state index contributed by atoms with van der Waals surface area (Å²) < 4.78 is 68.4. The Bertz CT molecular complexity index is 1310. The van der Waals surface area contributed by atoms with Crippen LogP contribution in [0.2, 0.25) is 0 Å². The summed E-state index contributed by atoms with van der Waals surface area (Å²) in [5.74, 6) is -4.41. The zero-order valence-electron chi connectivity index (χ0n) is 15.5. The molecule has 1 aromatic heterocycles. The van der Waals surface area contributed by atoms with Crippen molar-refractivity contribution in [3.05, 3.63) is 89.0 Å². The topological polar surface area (TPSA) is 96.4 Å². The van der Waals surface area contributed by atoms with Gasteiger partial charge in [-0.2, -0.15) is 0 Å². The van der Waals surface area contributed by atoms with Gasteiger partial charge in [-0.3, -0.25) is 24.2 Å². The molecule has 11 heteroatoms. The van der Waals surface area contributed by atoms with E-state index in [9.17, 15) is 31.2 Å². The lowest BCUT2D eigenvalue weighted by atomic mass is 10.2. The van der Waals surface area contributed by atoms with Gasteiger partial charge >= 0.3 is 0 Å². The number of halogens is 3. The van der Waals surface area contributed by atoms with Crippen LogP contribution in [0.4, 0.5) is 18.9 Å². The quantitative estimate of drug-likeness (QED) is 0.607. The van der Waals surface area contributed by atoms with Gasteiger partial charge in [-0.25, -0.2) is 21.6 Å². The van der Waals surface area contributed by atoms with Crippen LogP contribution in [0.1, 0.15) is 26.4 Å². The molecule has 0 saturated carbocycles. The van der Waals surface area contributed by atoms with Gasteiger partial charge in [0.1, 0.15) is 23.1 Å². The van der Waals surface area contributed by atoms with E-state index in [2.05, 4.69) is 4.98 Å². The number of rotatable bonds is 5. The SMILES string of the molecule is O=C1c2cccnc2C(=O)N1Cc1ccc(F)cc1S(=O)(=O)Nc1ccc(F)cc1F. The molecule has 2 amide bonds. The minimum Gasteiger partial charge on any atom is -0.277 e. The first-order chi connectivity index (χ1) is 14.7. The van der Waals surface area contributed by atoms with Crippen LogP contribution in [0.5, 0.6) is 0 Å². The van der Waals surface area contributed by atoms with E-state index in [0.717, 1.165) is 29.2 Å². The summed E-state index contributed by atoms with van der Waals surface area (Å²) in [6, 6.07) is 7.82. The fourth-order valence-corrected chi connectivity index (χ4v) is 4.42. The molecule has 0 unspecified atom stereocenters. The number of nitrogens with one attached hydrogen (secondary N) is 1. The number of benzene rings is 2. The highest BCUT2D eigenvalue weighted by molar-refractivity contribution is 7.92. The van der Waals surface area contributed by atoms with Gasteiger partial charge in [0.2, 0.25) is 0 Å². The van der Waals surface area contributed by atoms with Gasteiger partial charge in [-0.15, -0.1) is 0 Å². The predicted octanol–water partition coefficient (Wildman–Crippen LogP) is 3.10. The number of carbonyl (C=O) groups is 2. The maximum Gasteiger partial charge on any atom is 0.280 e. The van der Waals surface area contributed by atoms with Gasteiger partial charge in [0, 0.05) is 12.3 Å². The molecular formula is C20H12F3N3O4S. The number of amides is 2. The number of anilines is 1. The molecule has 2 heterocycles. The third kappa shape index (κ3) is 3.75. The maximum absolute atomic E-state index is 13.9. The molecule has 7 nitrogen and oxygen atoms in total. The largest absolute Gasteiger partial charge is 0.280 e. The summed E-state index contributed by atoms with van der Waals surface area (Å²) in [6.07, 6.45) is 1.34. The standard InChI is InChI=1S/C20H12F3N3O4S/c21-12-5-6-16(15(23)8-12)25-31(29,30)17-9-13(22)4-3-11(17)10-26-19(27)14-2-1-7-24-18(14)20(26)28/h1-9,25H,10H2. The van der Waals surface area contributed by atoms with Crippen molar-refractivity contribution in [2.24, 2.45) is 0 Å². The monoisotopic (exact) mass is 447 g/mol. The van der Waals surface area contributed by atoms with Crippen molar-refractivity contribution in [2.75, 3.05) is 4.72 Å². The molecule has 1 aliphatic heterocycles. The first-order valence-electron chi connectivity index (χ1n) is 8.75. The summed E-state index contributed by atoms with van der Waals surface area (Å²) >= 11 is 0. The number of carbonyl (C=O) groups excluding carboxylic acids is 2. The van der Waals surface area contributed by atoms with Crippen LogP contribution >= 0.6 is 0 Å². The number of hydrogen-bond donors (Lipinski definition) is 1. The number of nitrogens with zero attached hydrogens (tertiary/aromatic N) is 2. The van der Waals surface area contributed by atoms with Gasteiger partial charge in [-0.05, 0) is 42.0 Å². The third-order valence-electron chi connectivity index (χ3n) is 4.55. The predicted molar refractivity (Wildman–Crippen MR) is 102 cm³/mol. The Morgan fingerprint density at radius 2 is 1.65 bits per heavy atom. The van der Waals surface area contributed by atoms with Crippen LogP contribution in [0.15, 0.2) is 59.6 Å². The number of aromatic nitrogens is 1. The van der Waals surface area contributed by atoms with Crippen molar-refractivity contribution in [3.8, 4) is 0 Å². The molecule has 0 atom stereocenters. The third-order valence-corrected chi connectivity index (χ3v) is 6.00. The highest BCUT2D eigenvalue weighted by Crippen LogP contribution is 2.27. The number of imide groups is 1. The van der Waals surface area contributed by atoms with E-state index in [4.69, 9.17) is 0 Å². The molecule has 0 spiro atoms. The summed E-state index contributed by atoms with van der Waals surface area (Å²) in [4.78, 5) is 29.1. The minimum atomic E-state index is -4.56. The molecule has 0 saturated heterocycles. The second-order valence-corrected chi connectivity index (χ2v) is 8.23. The van der Waals surface area contributed by atoms with Crippen molar-refractivity contribution < 1.29 is 31.2 Å². The molecule has 0 radical (unpaired) electrons. The molecule has 158 valence electrons. The van der Waals surface area contributed by atoms with Gasteiger partial charge < -0.3 is 0 Å². The van der Waals surface area contributed by atoms with Crippen LogP contribution in [0.3, 0.4) is 0 Å². The van der Waals surface area contributed by atoms with Crippen LogP contribution < -0.4 is 4.72 Å². The Hall–Kier alpha value is -3.73. The Balaban J connectivity index is 1.70. The molecule has 2 aromatic carbocycles. The van der Waals surface area contributed by atoms with Crippen molar-refractivity contribution in [1.82, 2.24) is 9.88 Å². The summed E-state index contributed by atoms with van der Waals surface area (Å²) in [7, 11) is -4.56. The molecule has 31 heavy (non-hydrogen) atoms. The van der Waals surface area contributed by atoms with E-state index in [1.54, 1.807) is 0 Å². The number of fused-ring (bicyclic) bond motifs is 1. The summed E-state index contributed by atoms with van der Waals surface area (Å²) in [6.45, 7) is -0.490. The molecule has 4 rings (SSSR count). The number of hydrogen-bond acceptors (Lipinski definition) is 5. The van der Waals surface area contributed by atoms with Crippen LogP contribution in [0.25, 0.3) is 0 Å². The molecule has 1 N–H and O–H groups in total. The highest BCUT2D eigenvalue weighted by atomic mass is 32.2. The van der Waals surface area contributed by atoms with Crippen LogP contribution in [-0.2, 0) is 16.6 Å². The van der Waals surface area contributed by atoms with Gasteiger partial charge in [0.15, 0.2) is 0 Å². The molecular weight excluding hydrogens is 435 g/mol. The zero-order valence-corrected chi connectivity index (χ0v) is 16.3. The Labute approximate surface area is 174 Å².